The van der Waals surface area contributed by atoms with Crippen molar-refractivity contribution in [3.8, 4) is 0 Å². The van der Waals surface area contributed by atoms with Crippen molar-refractivity contribution in [1.82, 2.24) is 9.29 Å². The first kappa shape index (κ1) is 21.9. The number of hydrogen-bond donors (Lipinski definition) is 1. The molecule has 1 fully saturated rings. The molecule has 2 aromatic rings. The lowest BCUT2D eigenvalue weighted by Gasteiger charge is -2.30. The molecule has 158 valence electrons. The van der Waals surface area contributed by atoms with Crippen LogP contribution >= 0.6 is 0 Å². The van der Waals surface area contributed by atoms with Gasteiger partial charge in [0.1, 0.15) is 0 Å². The van der Waals surface area contributed by atoms with Crippen LogP contribution in [-0.2, 0) is 22.1 Å². The number of pyridine rings is 1. The van der Waals surface area contributed by atoms with Crippen molar-refractivity contribution in [3.05, 3.63) is 70.1 Å². The zero-order valence-corrected chi connectivity index (χ0v) is 18.2. The molecule has 0 radical (unpaired) electrons. The van der Waals surface area contributed by atoms with Gasteiger partial charge in [0.2, 0.25) is 0 Å². The van der Waals surface area contributed by atoms with Crippen LogP contribution in [0.25, 0.3) is 0 Å². The Kier molecular flexibility index (Phi) is 8.21. The highest BCUT2D eigenvalue weighted by Gasteiger charge is 2.24. The van der Waals surface area contributed by atoms with Crippen LogP contribution in [0, 0.1) is 0 Å². The molecule has 0 amide bonds. The van der Waals surface area contributed by atoms with E-state index in [2.05, 4.69) is 35.1 Å². The van der Waals surface area contributed by atoms with Gasteiger partial charge in [0.25, 0.3) is 5.56 Å². The number of rotatable bonds is 9. The largest absolute Gasteiger partial charge is 0.376 e. The van der Waals surface area contributed by atoms with Gasteiger partial charge in [-0.05, 0) is 49.7 Å². The monoisotopic (exact) mass is 416 g/mol. The maximum absolute atomic E-state index is 12.7. The Labute approximate surface area is 176 Å². The van der Waals surface area contributed by atoms with E-state index in [9.17, 15) is 9.00 Å². The first-order valence-corrected chi connectivity index (χ1v) is 12.1. The molecular formula is C23H32N2O3S. The zero-order chi connectivity index (χ0) is 20.6. The second-order valence-corrected chi connectivity index (χ2v) is 8.97. The van der Waals surface area contributed by atoms with Gasteiger partial charge < -0.3 is 9.30 Å². The second-order valence-electron chi connectivity index (χ2n) is 7.77. The van der Waals surface area contributed by atoms with Crippen LogP contribution in [-0.4, -0.2) is 34.3 Å². The van der Waals surface area contributed by atoms with E-state index in [-0.39, 0.29) is 17.7 Å². The molecule has 1 aromatic carbocycles. The summed E-state index contributed by atoms with van der Waals surface area (Å²) in [5.74, 6) is 0.611. The van der Waals surface area contributed by atoms with Gasteiger partial charge in [-0.1, -0.05) is 43.3 Å². The summed E-state index contributed by atoms with van der Waals surface area (Å²) in [5.41, 5.74) is 2.22. The Morgan fingerprint density at radius 2 is 1.86 bits per heavy atom. The lowest BCUT2D eigenvalue weighted by molar-refractivity contribution is 0.00737. The van der Waals surface area contributed by atoms with Crippen molar-refractivity contribution in [2.45, 2.75) is 57.1 Å². The molecule has 0 bridgehead atoms. The van der Waals surface area contributed by atoms with E-state index < -0.39 is 11.0 Å². The topological polar surface area (TPSA) is 60.3 Å². The predicted octanol–water partition coefficient (Wildman–Crippen LogP) is 3.58. The SMILES string of the molecule is CCc1cccn(C(CNS(C)=O)COC2CCC(c3ccccc3)CC2)c1=O. The van der Waals surface area contributed by atoms with Crippen LogP contribution in [0.5, 0.6) is 0 Å². The highest BCUT2D eigenvalue weighted by molar-refractivity contribution is 7.82. The summed E-state index contributed by atoms with van der Waals surface area (Å²) in [4.78, 5) is 12.7. The van der Waals surface area contributed by atoms with Gasteiger partial charge >= 0.3 is 0 Å². The minimum Gasteiger partial charge on any atom is -0.376 e. The first-order valence-electron chi connectivity index (χ1n) is 10.5. The molecule has 1 N–H and O–H groups in total. The normalized spacial score (nSPS) is 21.6. The molecule has 0 aliphatic heterocycles. The van der Waals surface area contributed by atoms with E-state index in [1.807, 2.05) is 25.3 Å². The molecule has 1 saturated carbocycles. The first-order chi connectivity index (χ1) is 14.1. The minimum absolute atomic E-state index is 0.0140. The average molecular weight is 417 g/mol. The van der Waals surface area contributed by atoms with Gasteiger partial charge in [-0.2, -0.15) is 0 Å². The Balaban J connectivity index is 1.61. The van der Waals surface area contributed by atoms with Crippen molar-refractivity contribution in [3.63, 3.8) is 0 Å². The number of nitrogens with one attached hydrogen (secondary N) is 1. The summed E-state index contributed by atoms with van der Waals surface area (Å²) in [7, 11) is -1.13. The Morgan fingerprint density at radius 3 is 2.52 bits per heavy atom. The summed E-state index contributed by atoms with van der Waals surface area (Å²) in [5, 5.41) is 0. The maximum Gasteiger partial charge on any atom is 0.254 e. The van der Waals surface area contributed by atoms with Gasteiger partial charge in [-0.15, -0.1) is 0 Å². The van der Waals surface area contributed by atoms with Crippen molar-refractivity contribution >= 4 is 11.0 Å². The molecule has 1 aliphatic rings. The summed E-state index contributed by atoms with van der Waals surface area (Å²) in [6, 6.07) is 14.3. The molecule has 5 nitrogen and oxygen atoms in total. The Morgan fingerprint density at radius 1 is 1.14 bits per heavy atom. The third-order valence-corrected chi connectivity index (χ3v) is 6.39. The van der Waals surface area contributed by atoms with Crippen LogP contribution in [0.15, 0.2) is 53.5 Å². The number of aromatic nitrogens is 1. The standard InChI is InChI=1S/C23H32N2O3S/c1-3-18-10-7-15-25(23(18)26)21(16-24-29(2)27)17-28-22-13-11-20(12-14-22)19-8-5-4-6-9-19/h4-10,15,20-22,24H,3,11-14,16-17H2,1-2H3. The predicted molar refractivity (Wildman–Crippen MR) is 119 cm³/mol. The summed E-state index contributed by atoms with van der Waals surface area (Å²) < 4.78 is 22.5. The fraction of sp³-hybridized carbons (Fsp3) is 0.522. The van der Waals surface area contributed by atoms with Gasteiger partial charge in [-0.25, -0.2) is 8.93 Å². The molecule has 6 heteroatoms. The molecule has 2 atom stereocenters. The summed E-state index contributed by atoms with van der Waals surface area (Å²) in [6.45, 7) is 2.87. The van der Waals surface area contributed by atoms with Crippen molar-refractivity contribution in [2.75, 3.05) is 19.4 Å². The molecule has 29 heavy (non-hydrogen) atoms. The van der Waals surface area contributed by atoms with Crippen molar-refractivity contribution in [2.24, 2.45) is 0 Å². The van der Waals surface area contributed by atoms with Crippen LogP contribution in [0.1, 0.15) is 55.7 Å². The fourth-order valence-corrected chi connectivity index (χ4v) is 4.53. The Hall–Kier alpha value is -1.76. The average Bonchev–Trinajstić information content (AvgIpc) is 2.75. The van der Waals surface area contributed by atoms with Gasteiger partial charge in [0, 0.05) is 24.6 Å². The molecule has 1 aliphatic carbocycles. The molecule has 1 heterocycles. The molecule has 0 spiro atoms. The number of aryl methyl sites for hydroxylation is 1. The van der Waals surface area contributed by atoms with Gasteiger partial charge in [0.05, 0.1) is 29.7 Å². The molecule has 1 aromatic heterocycles. The summed E-state index contributed by atoms with van der Waals surface area (Å²) in [6.07, 6.45) is 8.64. The van der Waals surface area contributed by atoms with E-state index in [0.717, 1.165) is 31.2 Å². The van der Waals surface area contributed by atoms with Crippen LogP contribution in [0.2, 0.25) is 0 Å². The second kappa shape index (κ2) is 10.9. The fourth-order valence-electron chi connectivity index (χ4n) is 4.10. The lowest BCUT2D eigenvalue weighted by atomic mass is 9.83. The number of ether oxygens (including phenoxy) is 1. The van der Waals surface area contributed by atoms with Crippen LogP contribution < -0.4 is 10.3 Å². The van der Waals surface area contributed by atoms with Gasteiger partial charge in [0.15, 0.2) is 0 Å². The van der Waals surface area contributed by atoms with Crippen molar-refractivity contribution < 1.29 is 8.95 Å². The number of hydrogen-bond acceptors (Lipinski definition) is 3. The molecular weight excluding hydrogens is 384 g/mol. The van der Waals surface area contributed by atoms with E-state index in [1.165, 1.54) is 5.56 Å². The molecule has 0 saturated heterocycles. The summed E-state index contributed by atoms with van der Waals surface area (Å²) >= 11 is 0. The quantitative estimate of drug-likeness (QED) is 0.680. The lowest BCUT2D eigenvalue weighted by Crippen LogP contribution is -2.37. The highest BCUT2D eigenvalue weighted by Crippen LogP contribution is 2.34. The third-order valence-electron chi connectivity index (χ3n) is 5.82. The Bertz CT molecular complexity index is 845. The smallest absolute Gasteiger partial charge is 0.254 e. The van der Waals surface area contributed by atoms with E-state index in [4.69, 9.17) is 4.74 Å². The van der Waals surface area contributed by atoms with Crippen LogP contribution in [0.3, 0.4) is 0 Å². The van der Waals surface area contributed by atoms with E-state index >= 15 is 0 Å². The van der Waals surface area contributed by atoms with E-state index in [0.29, 0.717) is 25.5 Å². The zero-order valence-electron chi connectivity index (χ0n) is 17.4. The molecule has 3 rings (SSSR count). The van der Waals surface area contributed by atoms with Gasteiger partial charge in [-0.3, -0.25) is 4.79 Å². The number of benzene rings is 1. The van der Waals surface area contributed by atoms with Crippen LogP contribution in [0.4, 0.5) is 0 Å². The van der Waals surface area contributed by atoms with E-state index in [1.54, 1.807) is 10.8 Å². The molecule has 2 unspecified atom stereocenters. The minimum atomic E-state index is -1.13. The maximum atomic E-state index is 12.7. The third kappa shape index (κ3) is 6.11. The van der Waals surface area contributed by atoms with Crippen molar-refractivity contribution in [1.29, 1.82) is 0 Å². The highest BCUT2D eigenvalue weighted by atomic mass is 32.2. The number of nitrogens with zero attached hydrogens (tertiary/aromatic N) is 1.